The predicted octanol–water partition coefficient (Wildman–Crippen LogP) is 2.88. The lowest BCUT2D eigenvalue weighted by Crippen LogP contribution is -2.37. The van der Waals surface area contributed by atoms with Crippen LogP contribution in [-0.4, -0.2) is 38.4 Å². The van der Waals surface area contributed by atoms with Gasteiger partial charge in [-0.05, 0) is 42.9 Å². The summed E-state index contributed by atoms with van der Waals surface area (Å²) >= 11 is 0. The van der Waals surface area contributed by atoms with Gasteiger partial charge in [0, 0.05) is 24.7 Å². The minimum Gasteiger partial charge on any atom is -0.338 e. The standard InChI is InChI=1S/C18H28N2O3S/c1-13(2)11-20(12-14(3)4)18(21)15-6-5-7-17(10-15)24(22,23)19-16-8-9-16/h5-7,10,13-14,16,19H,8-9,11-12H2,1-4H3. The van der Waals surface area contributed by atoms with Gasteiger partial charge < -0.3 is 4.90 Å². The van der Waals surface area contributed by atoms with Crippen LogP contribution in [0.4, 0.5) is 0 Å². The zero-order valence-corrected chi connectivity index (χ0v) is 15.8. The summed E-state index contributed by atoms with van der Waals surface area (Å²) in [5.41, 5.74) is 0.426. The average molecular weight is 353 g/mol. The van der Waals surface area contributed by atoms with E-state index in [1.807, 2.05) is 4.90 Å². The Kier molecular flexibility index (Phi) is 6.04. The second kappa shape index (κ2) is 7.66. The molecule has 1 aromatic rings. The Morgan fingerprint density at radius 3 is 2.25 bits per heavy atom. The van der Waals surface area contributed by atoms with Crippen LogP contribution in [0.15, 0.2) is 29.2 Å². The number of benzene rings is 1. The van der Waals surface area contributed by atoms with Gasteiger partial charge >= 0.3 is 0 Å². The van der Waals surface area contributed by atoms with E-state index in [0.29, 0.717) is 30.5 Å². The van der Waals surface area contributed by atoms with Crippen molar-refractivity contribution in [1.82, 2.24) is 9.62 Å². The molecule has 5 nitrogen and oxygen atoms in total. The van der Waals surface area contributed by atoms with E-state index in [2.05, 4.69) is 32.4 Å². The summed E-state index contributed by atoms with van der Waals surface area (Å²) in [6.45, 7) is 9.60. The Morgan fingerprint density at radius 1 is 1.17 bits per heavy atom. The third kappa shape index (κ3) is 5.31. The highest BCUT2D eigenvalue weighted by atomic mass is 32.2. The van der Waals surface area contributed by atoms with Gasteiger partial charge in [0.2, 0.25) is 10.0 Å². The van der Waals surface area contributed by atoms with Crippen LogP contribution in [0.2, 0.25) is 0 Å². The number of carbonyl (C=O) groups is 1. The van der Waals surface area contributed by atoms with Crippen LogP contribution in [0.1, 0.15) is 50.9 Å². The first-order chi connectivity index (χ1) is 11.2. The highest BCUT2D eigenvalue weighted by Gasteiger charge is 2.28. The first kappa shape index (κ1) is 18.9. The van der Waals surface area contributed by atoms with Gasteiger partial charge in [-0.3, -0.25) is 4.79 Å². The number of nitrogens with one attached hydrogen (secondary N) is 1. The second-order valence-electron chi connectivity index (χ2n) is 7.42. The molecule has 134 valence electrons. The molecule has 1 fully saturated rings. The van der Waals surface area contributed by atoms with Crippen molar-refractivity contribution in [3.05, 3.63) is 29.8 Å². The topological polar surface area (TPSA) is 66.5 Å². The molecule has 0 radical (unpaired) electrons. The highest BCUT2D eigenvalue weighted by Crippen LogP contribution is 2.23. The summed E-state index contributed by atoms with van der Waals surface area (Å²) in [6, 6.07) is 6.40. The number of carbonyl (C=O) groups excluding carboxylic acids is 1. The molecular weight excluding hydrogens is 324 g/mol. The van der Waals surface area contributed by atoms with Crippen LogP contribution >= 0.6 is 0 Å². The van der Waals surface area contributed by atoms with Crippen LogP contribution in [-0.2, 0) is 10.0 Å². The molecule has 0 unspecified atom stereocenters. The molecule has 1 amide bonds. The van der Waals surface area contributed by atoms with Crippen LogP contribution < -0.4 is 4.72 Å². The van der Waals surface area contributed by atoms with E-state index >= 15 is 0 Å². The SMILES string of the molecule is CC(C)CN(CC(C)C)C(=O)c1cccc(S(=O)(=O)NC2CC2)c1. The summed E-state index contributed by atoms with van der Waals surface area (Å²) in [4.78, 5) is 14.8. The van der Waals surface area contributed by atoms with Crippen LogP contribution in [0.5, 0.6) is 0 Å². The Bertz CT molecular complexity index is 669. The fourth-order valence-electron chi connectivity index (χ4n) is 2.59. The molecular formula is C18H28N2O3S. The van der Waals surface area contributed by atoms with E-state index < -0.39 is 10.0 Å². The van der Waals surface area contributed by atoms with E-state index in [1.165, 1.54) is 12.1 Å². The minimum atomic E-state index is -3.55. The Balaban J connectivity index is 2.23. The van der Waals surface area contributed by atoms with E-state index in [4.69, 9.17) is 0 Å². The van der Waals surface area contributed by atoms with E-state index in [9.17, 15) is 13.2 Å². The normalized spacial score (nSPS) is 15.1. The lowest BCUT2D eigenvalue weighted by Gasteiger charge is -2.26. The Morgan fingerprint density at radius 2 is 1.75 bits per heavy atom. The summed E-state index contributed by atoms with van der Waals surface area (Å²) in [5, 5.41) is 0. The van der Waals surface area contributed by atoms with Crippen LogP contribution in [0.25, 0.3) is 0 Å². The van der Waals surface area contributed by atoms with Crippen LogP contribution in [0, 0.1) is 11.8 Å². The zero-order valence-electron chi connectivity index (χ0n) is 15.0. The van der Waals surface area contributed by atoms with Gasteiger partial charge in [-0.15, -0.1) is 0 Å². The third-order valence-corrected chi connectivity index (χ3v) is 5.27. The molecule has 0 aromatic heterocycles. The lowest BCUT2D eigenvalue weighted by molar-refractivity contribution is 0.0715. The summed E-state index contributed by atoms with van der Waals surface area (Å²) in [7, 11) is -3.55. The van der Waals surface area contributed by atoms with Gasteiger partial charge in [0.05, 0.1) is 4.90 Å². The largest absolute Gasteiger partial charge is 0.338 e. The molecule has 0 aliphatic heterocycles. The molecule has 0 bridgehead atoms. The smallest absolute Gasteiger partial charge is 0.253 e. The molecule has 2 rings (SSSR count). The summed E-state index contributed by atoms with van der Waals surface area (Å²) in [5.74, 6) is 0.605. The van der Waals surface area contributed by atoms with E-state index in [-0.39, 0.29) is 16.8 Å². The van der Waals surface area contributed by atoms with Gasteiger partial charge in [0.25, 0.3) is 5.91 Å². The first-order valence-corrected chi connectivity index (χ1v) is 10.1. The fourth-order valence-corrected chi connectivity index (χ4v) is 3.94. The van der Waals surface area contributed by atoms with Gasteiger partial charge in [-0.2, -0.15) is 0 Å². The number of hydrogen-bond donors (Lipinski definition) is 1. The Labute approximate surface area is 145 Å². The van der Waals surface area contributed by atoms with E-state index in [1.54, 1.807) is 12.1 Å². The van der Waals surface area contributed by atoms with Crippen molar-refractivity contribution in [3.63, 3.8) is 0 Å². The molecule has 24 heavy (non-hydrogen) atoms. The highest BCUT2D eigenvalue weighted by molar-refractivity contribution is 7.89. The molecule has 0 atom stereocenters. The van der Waals surface area contributed by atoms with Crippen molar-refractivity contribution in [2.45, 2.75) is 51.5 Å². The monoisotopic (exact) mass is 352 g/mol. The lowest BCUT2D eigenvalue weighted by atomic mass is 10.1. The molecule has 0 saturated heterocycles. The number of hydrogen-bond acceptors (Lipinski definition) is 3. The number of sulfonamides is 1. The van der Waals surface area contributed by atoms with Crippen molar-refractivity contribution in [3.8, 4) is 0 Å². The Hall–Kier alpha value is -1.40. The fraction of sp³-hybridized carbons (Fsp3) is 0.611. The molecule has 6 heteroatoms. The summed E-state index contributed by atoms with van der Waals surface area (Å²) < 4.78 is 27.3. The maximum Gasteiger partial charge on any atom is 0.253 e. The molecule has 1 saturated carbocycles. The second-order valence-corrected chi connectivity index (χ2v) is 9.14. The van der Waals surface area contributed by atoms with Gasteiger partial charge in [0.15, 0.2) is 0 Å². The summed E-state index contributed by atoms with van der Waals surface area (Å²) in [6.07, 6.45) is 1.77. The molecule has 1 N–H and O–H groups in total. The number of amides is 1. The van der Waals surface area contributed by atoms with Crippen molar-refractivity contribution in [1.29, 1.82) is 0 Å². The van der Waals surface area contributed by atoms with Crippen molar-refractivity contribution in [2.75, 3.05) is 13.1 Å². The molecule has 1 aromatic carbocycles. The van der Waals surface area contributed by atoms with Crippen LogP contribution in [0.3, 0.4) is 0 Å². The van der Waals surface area contributed by atoms with E-state index in [0.717, 1.165) is 12.8 Å². The molecule has 1 aliphatic rings. The third-order valence-electron chi connectivity index (χ3n) is 3.75. The number of nitrogens with zero attached hydrogens (tertiary/aromatic N) is 1. The average Bonchev–Trinajstić information content (AvgIpc) is 3.28. The zero-order chi connectivity index (χ0) is 17.9. The molecule has 0 heterocycles. The first-order valence-electron chi connectivity index (χ1n) is 8.60. The quantitative estimate of drug-likeness (QED) is 0.782. The predicted molar refractivity (Wildman–Crippen MR) is 95.4 cm³/mol. The van der Waals surface area contributed by atoms with Crippen molar-refractivity contribution >= 4 is 15.9 Å². The van der Waals surface area contributed by atoms with Crippen molar-refractivity contribution < 1.29 is 13.2 Å². The molecule has 1 aliphatic carbocycles. The van der Waals surface area contributed by atoms with Gasteiger partial charge in [-0.1, -0.05) is 33.8 Å². The minimum absolute atomic E-state index is 0.0488. The number of rotatable bonds is 8. The maximum atomic E-state index is 12.8. The molecule has 0 spiro atoms. The van der Waals surface area contributed by atoms with Gasteiger partial charge in [-0.25, -0.2) is 13.1 Å². The maximum absolute atomic E-state index is 12.8. The van der Waals surface area contributed by atoms with Crippen molar-refractivity contribution in [2.24, 2.45) is 11.8 Å². The van der Waals surface area contributed by atoms with Gasteiger partial charge in [0.1, 0.15) is 0 Å².